The Morgan fingerprint density at radius 1 is 1.13 bits per heavy atom. The Bertz CT molecular complexity index is 1050. The maximum absolute atomic E-state index is 13.2. The van der Waals surface area contributed by atoms with Crippen molar-refractivity contribution >= 4 is 23.4 Å². The van der Waals surface area contributed by atoms with Crippen molar-refractivity contribution in [2.24, 2.45) is 0 Å². The van der Waals surface area contributed by atoms with E-state index in [0.29, 0.717) is 23.7 Å². The van der Waals surface area contributed by atoms with Crippen molar-refractivity contribution in [3.05, 3.63) is 100 Å². The molecule has 152 valence electrons. The van der Waals surface area contributed by atoms with E-state index in [1.54, 1.807) is 23.4 Å². The maximum atomic E-state index is 13.2. The summed E-state index contributed by atoms with van der Waals surface area (Å²) in [7, 11) is 0. The second kappa shape index (κ2) is 8.67. The van der Waals surface area contributed by atoms with E-state index in [1.807, 2.05) is 61.5 Å². The van der Waals surface area contributed by atoms with Crippen LogP contribution in [-0.4, -0.2) is 28.2 Å². The number of rotatable bonds is 6. The smallest absolute Gasteiger partial charge is 0.255 e. The Balaban J connectivity index is 1.57. The molecule has 0 saturated carbocycles. The lowest BCUT2D eigenvalue weighted by atomic mass is 9.99. The molecule has 2 atom stereocenters. The molecule has 0 spiro atoms. The number of nitrogens with zero attached hydrogens (tertiary/aromatic N) is 2. The van der Waals surface area contributed by atoms with Crippen LogP contribution in [0.4, 0.5) is 0 Å². The lowest BCUT2D eigenvalue weighted by molar-refractivity contribution is -0.125. The minimum Gasteiger partial charge on any atom is -0.350 e. The molecule has 4 rings (SSSR count). The summed E-state index contributed by atoms with van der Waals surface area (Å²) in [5.74, 6) is -0.262. The number of fused-ring (bicyclic) bond motifs is 1. The summed E-state index contributed by atoms with van der Waals surface area (Å²) in [6.07, 6.45) is 3.41. The summed E-state index contributed by atoms with van der Waals surface area (Å²) in [5.41, 5.74) is 3.30. The normalized spacial score (nSPS) is 16.3. The van der Waals surface area contributed by atoms with Gasteiger partial charge < -0.3 is 10.2 Å². The molecule has 1 aliphatic heterocycles. The molecule has 6 heteroatoms. The van der Waals surface area contributed by atoms with Gasteiger partial charge in [-0.05, 0) is 46.9 Å². The minimum absolute atomic E-state index is 0.0501. The van der Waals surface area contributed by atoms with Gasteiger partial charge in [0.05, 0.1) is 0 Å². The van der Waals surface area contributed by atoms with Gasteiger partial charge >= 0.3 is 0 Å². The van der Waals surface area contributed by atoms with Gasteiger partial charge in [-0.15, -0.1) is 0 Å². The number of nitrogens with one attached hydrogen (secondary N) is 1. The molecule has 0 fully saturated rings. The highest BCUT2D eigenvalue weighted by Crippen LogP contribution is 2.35. The number of carbonyl (C=O) groups excluding carboxylic acids is 2. The highest BCUT2D eigenvalue weighted by Gasteiger charge is 2.41. The van der Waals surface area contributed by atoms with Gasteiger partial charge in [0.1, 0.15) is 6.04 Å². The number of pyridine rings is 1. The van der Waals surface area contributed by atoms with Crippen molar-refractivity contribution in [3.63, 3.8) is 0 Å². The number of halogens is 1. The highest BCUT2D eigenvalue weighted by atomic mass is 35.5. The number of benzene rings is 2. The average Bonchev–Trinajstić information content (AvgIpc) is 3.05. The molecular weight excluding hydrogens is 398 g/mol. The van der Waals surface area contributed by atoms with Crippen molar-refractivity contribution in [3.8, 4) is 0 Å². The summed E-state index contributed by atoms with van der Waals surface area (Å²) in [4.78, 5) is 32.0. The first-order chi connectivity index (χ1) is 14.5. The number of amides is 2. The molecule has 0 radical (unpaired) electrons. The van der Waals surface area contributed by atoms with E-state index >= 15 is 0 Å². The first-order valence-electron chi connectivity index (χ1n) is 9.86. The van der Waals surface area contributed by atoms with E-state index < -0.39 is 6.04 Å². The summed E-state index contributed by atoms with van der Waals surface area (Å²) in [6, 6.07) is 18.0. The Kier molecular flexibility index (Phi) is 5.81. The molecule has 30 heavy (non-hydrogen) atoms. The van der Waals surface area contributed by atoms with Gasteiger partial charge in [-0.25, -0.2) is 0 Å². The van der Waals surface area contributed by atoms with Crippen molar-refractivity contribution in [1.82, 2.24) is 15.2 Å². The van der Waals surface area contributed by atoms with Crippen LogP contribution in [0.2, 0.25) is 5.02 Å². The van der Waals surface area contributed by atoms with Crippen LogP contribution in [0.5, 0.6) is 0 Å². The van der Waals surface area contributed by atoms with Crippen LogP contribution in [0.25, 0.3) is 0 Å². The predicted molar refractivity (Wildman–Crippen MR) is 116 cm³/mol. The quantitative estimate of drug-likeness (QED) is 0.646. The van der Waals surface area contributed by atoms with Crippen LogP contribution < -0.4 is 5.32 Å². The lowest BCUT2D eigenvalue weighted by Crippen LogP contribution is -2.40. The summed E-state index contributed by atoms with van der Waals surface area (Å²) in [5, 5.41) is 3.63. The van der Waals surface area contributed by atoms with Gasteiger partial charge in [0.2, 0.25) is 5.91 Å². The fourth-order valence-electron chi connectivity index (χ4n) is 3.82. The third-order valence-corrected chi connectivity index (χ3v) is 5.66. The molecule has 0 aliphatic carbocycles. The summed E-state index contributed by atoms with van der Waals surface area (Å²) in [6.45, 7) is 2.84. The summed E-state index contributed by atoms with van der Waals surface area (Å²) < 4.78 is 0. The molecule has 2 amide bonds. The van der Waals surface area contributed by atoms with E-state index in [-0.39, 0.29) is 17.7 Å². The highest BCUT2D eigenvalue weighted by molar-refractivity contribution is 6.30. The van der Waals surface area contributed by atoms with E-state index in [9.17, 15) is 9.59 Å². The van der Waals surface area contributed by atoms with Crippen LogP contribution in [0.15, 0.2) is 73.1 Å². The lowest BCUT2D eigenvalue weighted by Gasteiger charge is -2.27. The number of hydrogen-bond acceptors (Lipinski definition) is 3. The third-order valence-electron chi connectivity index (χ3n) is 5.41. The monoisotopic (exact) mass is 419 g/mol. The Morgan fingerprint density at radius 3 is 2.63 bits per heavy atom. The largest absolute Gasteiger partial charge is 0.350 e. The predicted octanol–water partition coefficient (Wildman–Crippen LogP) is 4.35. The minimum atomic E-state index is -0.653. The first kappa shape index (κ1) is 20.1. The second-order valence-corrected chi connectivity index (χ2v) is 7.92. The SMILES string of the molecule is CC(CN1C(=O)c2ccccc2C1C(=O)NCc1cccnc1)c1ccc(Cl)cc1. The maximum Gasteiger partial charge on any atom is 0.255 e. The van der Waals surface area contributed by atoms with Gasteiger partial charge in [0.15, 0.2) is 0 Å². The van der Waals surface area contributed by atoms with Crippen LogP contribution in [-0.2, 0) is 11.3 Å². The van der Waals surface area contributed by atoms with Crippen LogP contribution in [0.3, 0.4) is 0 Å². The van der Waals surface area contributed by atoms with Gasteiger partial charge in [0, 0.05) is 36.1 Å². The van der Waals surface area contributed by atoms with Crippen molar-refractivity contribution in [2.45, 2.75) is 25.4 Å². The van der Waals surface area contributed by atoms with Crippen LogP contribution in [0.1, 0.15) is 45.9 Å². The molecule has 5 nitrogen and oxygen atoms in total. The van der Waals surface area contributed by atoms with E-state index in [2.05, 4.69) is 10.3 Å². The fourth-order valence-corrected chi connectivity index (χ4v) is 3.95. The van der Waals surface area contributed by atoms with Gasteiger partial charge in [0.25, 0.3) is 5.91 Å². The Labute approximate surface area is 180 Å². The standard InChI is InChI=1S/C24H22ClN3O2/c1-16(18-8-10-19(25)11-9-18)15-28-22(20-6-2-3-7-21(20)24(28)30)23(29)27-14-17-5-4-12-26-13-17/h2-13,16,22H,14-15H2,1H3,(H,27,29). The molecule has 2 aromatic carbocycles. The first-order valence-corrected chi connectivity index (χ1v) is 10.2. The average molecular weight is 420 g/mol. The zero-order valence-electron chi connectivity index (χ0n) is 16.6. The van der Waals surface area contributed by atoms with E-state index in [4.69, 9.17) is 11.6 Å². The zero-order chi connectivity index (χ0) is 21.1. The van der Waals surface area contributed by atoms with Crippen molar-refractivity contribution in [1.29, 1.82) is 0 Å². The summed E-state index contributed by atoms with van der Waals surface area (Å²) >= 11 is 6.00. The molecule has 3 aromatic rings. The van der Waals surface area contributed by atoms with E-state index in [1.165, 1.54) is 0 Å². The molecule has 1 aliphatic rings. The number of aromatic nitrogens is 1. The molecule has 1 aromatic heterocycles. The van der Waals surface area contributed by atoms with Crippen LogP contribution >= 0.6 is 11.6 Å². The molecule has 2 heterocycles. The van der Waals surface area contributed by atoms with Gasteiger partial charge in [-0.1, -0.05) is 54.9 Å². The molecular formula is C24H22ClN3O2. The number of hydrogen-bond donors (Lipinski definition) is 1. The Hall–Kier alpha value is -3.18. The molecule has 2 unspecified atom stereocenters. The van der Waals surface area contributed by atoms with Crippen molar-refractivity contribution in [2.75, 3.05) is 6.54 Å². The fraction of sp³-hybridized carbons (Fsp3) is 0.208. The number of carbonyl (C=O) groups is 2. The van der Waals surface area contributed by atoms with Crippen molar-refractivity contribution < 1.29 is 9.59 Å². The zero-order valence-corrected chi connectivity index (χ0v) is 17.3. The van der Waals surface area contributed by atoms with Crippen LogP contribution in [0, 0.1) is 0 Å². The topological polar surface area (TPSA) is 62.3 Å². The van der Waals surface area contributed by atoms with Gasteiger partial charge in [-0.3, -0.25) is 14.6 Å². The van der Waals surface area contributed by atoms with E-state index in [0.717, 1.165) is 16.7 Å². The Morgan fingerprint density at radius 2 is 1.90 bits per heavy atom. The second-order valence-electron chi connectivity index (χ2n) is 7.48. The molecule has 1 N–H and O–H groups in total. The third kappa shape index (κ3) is 4.07. The molecule has 0 saturated heterocycles. The molecule has 0 bridgehead atoms. The van der Waals surface area contributed by atoms with Gasteiger partial charge in [-0.2, -0.15) is 0 Å².